The Kier molecular flexibility index (Phi) is 7.39. The minimum Gasteiger partial charge on any atom is -0.497 e. The number of hydrogen-bond donors (Lipinski definition) is 2. The van der Waals surface area contributed by atoms with Crippen LogP contribution in [0.1, 0.15) is 39.4 Å². The molecule has 0 aliphatic rings. The van der Waals surface area contributed by atoms with Gasteiger partial charge in [-0.05, 0) is 31.5 Å². The van der Waals surface area contributed by atoms with Crippen molar-refractivity contribution in [1.29, 1.82) is 0 Å². The van der Waals surface area contributed by atoms with E-state index in [1.807, 2.05) is 6.92 Å². The van der Waals surface area contributed by atoms with Gasteiger partial charge < -0.3 is 25.3 Å². The van der Waals surface area contributed by atoms with Gasteiger partial charge in [0, 0.05) is 10.9 Å². The fraction of sp³-hybridized carbons (Fsp3) is 0.316. The van der Waals surface area contributed by atoms with Crippen molar-refractivity contribution in [3.8, 4) is 11.5 Å². The second kappa shape index (κ2) is 9.75. The molecule has 0 aliphatic carbocycles. The number of nitrogens with one attached hydrogen (secondary N) is 1. The number of hydrogen-bond acceptors (Lipinski definition) is 7. The van der Waals surface area contributed by atoms with Crippen molar-refractivity contribution < 1.29 is 28.6 Å². The number of carbonyl (C=O) groups excluding carboxylic acids is 3. The maximum absolute atomic E-state index is 12.3. The first-order valence-electron chi connectivity index (χ1n) is 8.59. The minimum absolute atomic E-state index is 0.130. The number of benzene rings is 1. The first kappa shape index (κ1) is 21.2. The number of esters is 1. The summed E-state index contributed by atoms with van der Waals surface area (Å²) in [7, 11) is 1.47. The Morgan fingerprint density at radius 3 is 2.50 bits per heavy atom. The SMILES string of the molecule is CCOC(=O)c1cc(CC)sc1NC(=O)COc1cc(OC)ccc1C(N)=O. The molecule has 2 aromatic rings. The van der Waals surface area contributed by atoms with Gasteiger partial charge in [0.2, 0.25) is 0 Å². The van der Waals surface area contributed by atoms with Crippen molar-refractivity contribution >= 4 is 34.1 Å². The van der Waals surface area contributed by atoms with Crippen LogP contribution in [-0.2, 0) is 16.0 Å². The van der Waals surface area contributed by atoms with Gasteiger partial charge in [-0.3, -0.25) is 9.59 Å². The van der Waals surface area contributed by atoms with Gasteiger partial charge in [0.25, 0.3) is 11.8 Å². The molecule has 0 unspecified atom stereocenters. The highest BCUT2D eigenvalue weighted by Gasteiger charge is 2.19. The van der Waals surface area contributed by atoms with Crippen LogP contribution in [0.5, 0.6) is 11.5 Å². The summed E-state index contributed by atoms with van der Waals surface area (Å²) in [5.41, 5.74) is 5.76. The smallest absolute Gasteiger partial charge is 0.341 e. The molecule has 0 aliphatic heterocycles. The molecule has 0 bridgehead atoms. The van der Waals surface area contributed by atoms with E-state index in [0.29, 0.717) is 16.3 Å². The van der Waals surface area contributed by atoms with E-state index in [9.17, 15) is 14.4 Å². The predicted octanol–water partition coefficient (Wildman–Crippen LogP) is 2.61. The van der Waals surface area contributed by atoms with Gasteiger partial charge in [-0.15, -0.1) is 11.3 Å². The number of carbonyl (C=O) groups is 3. The quantitative estimate of drug-likeness (QED) is 0.618. The maximum Gasteiger partial charge on any atom is 0.341 e. The van der Waals surface area contributed by atoms with E-state index < -0.39 is 17.8 Å². The van der Waals surface area contributed by atoms with Crippen LogP contribution < -0.4 is 20.5 Å². The molecule has 8 nitrogen and oxygen atoms in total. The van der Waals surface area contributed by atoms with E-state index in [0.717, 1.165) is 11.3 Å². The average molecular weight is 406 g/mol. The van der Waals surface area contributed by atoms with Gasteiger partial charge in [0.05, 0.1) is 24.8 Å². The summed E-state index contributed by atoms with van der Waals surface area (Å²) in [5.74, 6) is -1.09. The summed E-state index contributed by atoms with van der Waals surface area (Å²) >= 11 is 1.30. The molecular formula is C19H22N2O6S. The number of anilines is 1. The molecule has 0 fully saturated rings. The molecule has 1 aromatic carbocycles. The Morgan fingerprint density at radius 2 is 1.89 bits per heavy atom. The van der Waals surface area contributed by atoms with E-state index in [-0.39, 0.29) is 24.5 Å². The molecule has 0 spiro atoms. The zero-order valence-electron chi connectivity index (χ0n) is 15.9. The van der Waals surface area contributed by atoms with Crippen molar-refractivity contribution in [3.05, 3.63) is 40.3 Å². The number of aryl methyl sites for hydroxylation is 1. The summed E-state index contributed by atoms with van der Waals surface area (Å²) < 4.78 is 15.6. The third-order valence-electron chi connectivity index (χ3n) is 3.69. The van der Waals surface area contributed by atoms with E-state index in [1.54, 1.807) is 19.1 Å². The molecule has 2 rings (SSSR count). The van der Waals surface area contributed by atoms with E-state index >= 15 is 0 Å². The van der Waals surface area contributed by atoms with E-state index in [4.69, 9.17) is 19.9 Å². The predicted molar refractivity (Wildman–Crippen MR) is 105 cm³/mol. The van der Waals surface area contributed by atoms with Crippen LogP contribution >= 0.6 is 11.3 Å². The molecule has 28 heavy (non-hydrogen) atoms. The topological polar surface area (TPSA) is 117 Å². The van der Waals surface area contributed by atoms with Crippen molar-refractivity contribution in [2.75, 3.05) is 25.6 Å². The summed E-state index contributed by atoms with van der Waals surface area (Å²) in [6.07, 6.45) is 0.717. The lowest BCUT2D eigenvalue weighted by Crippen LogP contribution is -2.22. The molecular weight excluding hydrogens is 384 g/mol. The molecule has 0 atom stereocenters. The Morgan fingerprint density at radius 1 is 1.14 bits per heavy atom. The lowest BCUT2D eigenvalue weighted by molar-refractivity contribution is -0.118. The van der Waals surface area contributed by atoms with Gasteiger partial charge in [-0.25, -0.2) is 4.79 Å². The van der Waals surface area contributed by atoms with Gasteiger partial charge in [-0.2, -0.15) is 0 Å². The summed E-state index contributed by atoms with van der Waals surface area (Å²) in [6, 6.07) is 6.20. The molecule has 0 radical (unpaired) electrons. The molecule has 1 aromatic heterocycles. The summed E-state index contributed by atoms with van der Waals surface area (Å²) in [6.45, 7) is 3.51. The van der Waals surface area contributed by atoms with Crippen LogP contribution in [0, 0.1) is 0 Å². The van der Waals surface area contributed by atoms with Crippen molar-refractivity contribution in [3.63, 3.8) is 0 Å². The van der Waals surface area contributed by atoms with Crippen LogP contribution in [0.2, 0.25) is 0 Å². The second-order valence-corrected chi connectivity index (χ2v) is 6.73. The standard InChI is InChI=1S/C19H22N2O6S/c1-4-12-9-14(19(24)26-5-2)18(28-12)21-16(22)10-27-15-8-11(25-3)6-7-13(15)17(20)23/h6-9H,4-5,10H2,1-3H3,(H2,20,23)(H,21,22). The normalized spacial score (nSPS) is 10.2. The van der Waals surface area contributed by atoms with Crippen LogP contribution in [0.25, 0.3) is 0 Å². The number of thiophene rings is 1. The van der Waals surface area contributed by atoms with Crippen molar-refractivity contribution in [2.45, 2.75) is 20.3 Å². The zero-order valence-corrected chi connectivity index (χ0v) is 16.7. The Balaban J connectivity index is 2.12. The van der Waals surface area contributed by atoms with E-state index in [2.05, 4.69) is 5.32 Å². The van der Waals surface area contributed by atoms with E-state index in [1.165, 1.54) is 30.6 Å². The van der Waals surface area contributed by atoms with Gasteiger partial charge >= 0.3 is 5.97 Å². The molecule has 3 N–H and O–H groups in total. The van der Waals surface area contributed by atoms with Crippen LogP contribution in [0.4, 0.5) is 5.00 Å². The third kappa shape index (κ3) is 5.23. The number of nitrogens with two attached hydrogens (primary N) is 1. The molecule has 0 saturated carbocycles. The highest BCUT2D eigenvalue weighted by molar-refractivity contribution is 7.16. The number of rotatable bonds is 9. The lowest BCUT2D eigenvalue weighted by atomic mass is 10.2. The molecule has 1 heterocycles. The largest absolute Gasteiger partial charge is 0.497 e. The van der Waals surface area contributed by atoms with Crippen molar-refractivity contribution in [2.24, 2.45) is 5.73 Å². The third-order valence-corrected chi connectivity index (χ3v) is 4.89. The average Bonchev–Trinajstić information content (AvgIpc) is 3.09. The molecule has 9 heteroatoms. The number of methoxy groups -OCH3 is 1. The highest BCUT2D eigenvalue weighted by atomic mass is 32.1. The lowest BCUT2D eigenvalue weighted by Gasteiger charge is -2.11. The van der Waals surface area contributed by atoms with Crippen LogP contribution in [0.3, 0.4) is 0 Å². The van der Waals surface area contributed by atoms with Crippen molar-refractivity contribution in [1.82, 2.24) is 0 Å². The fourth-order valence-corrected chi connectivity index (χ4v) is 3.33. The highest BCUT2D eigenvalue weighted by Crippen LogP contribution is 2.29. The van der Waals surface area contributed by atoms with Gasteiger partial charge in [0.15, 0.2) is 6.61 Å². The number of primary amides is 1. The molecule has 0 saturated heterocycles. The molecule has 150 valence electrons. The second-order valence-electron chi connectivity index (χ2n) is 5.59. The van der Waals surface area contributed by atoms with Crippen LogP contribution in [0.15, 0.2) is 24.3 Å². The van der Waals surface area contributed by atoms with Crippen LogP contribution in [-0.4, -0.2) is 38.1 Å². The number of ether oxygens (including phenoxy) is 3. The summed E-state index contributed by atoms with van der Waals surface area (Å²) in [5, 5.41) is 3.05. The fourth-order valence-electron chi connectivity index (χ4n) is 2.33. The Hall–Kier alpha value is -3.07. The molecule has 2 amide bonds. The zero-order chi connectivity index (χ0) is 20.7. The summed E-state index contributed by atoms with van der Waals surface area (Å²) in [4.78, 5) is 36.9. The monoisotopic (exact) mass is 406 g/mol. The first-order valence-corrected chi connectivity index (χ1v) is 9.41. The Bertz CT molecular complexity index is 877. The first-order chi connectivity index (χ1) is 13.4. The van der Waals surface area contributed by atoms with Gasteiger partial charge in [0.1, 0.15) is 16.5 Å². The van der Waals surface area contributed by atoms with Gasteiger partial charge in [-0.1, -0.05) is 6.92 Å². The number of amides is 2. The minimum atomic E-state index is -0.687. The maximum atomic E-state index is 12.3. The Labute approximate surface area is 166 Å².